The van der Waals surface area contributed by atoms with Gasteiger partial charge in [-0.1, -0.05) is 106 Å². The molecule has 0 fully saturated rings. The van der Waals surface area contributed by atoms with Crippen molar-refractivity contribution >= 4 is 174 Å². The number of carboxylic acid groups (broad SMARTS) is 8. The van der Waals surface area contributed by atoms with Crippen LogP contribution in [0.3, 0.4) is 0 Å². The normalized spacial score (nSPS) is 13.9. The number of nitrogens with one attached hydrogen (secondary N) is 10. The number of thioether (sulfide) groups is 2. The minimum absolute atomic E-state index is 0.149. The first kappa shape index (κ1) is 139. The highest BCUT2D eigenvalue weighted by molar-refractivity contribution is 7.98. The number of aliphatic carboxylic acids is 8. The van der Waals surface area contributed by atoms with Crippen molar-refractivity contribution in [3.05, 3.63) is 72.1 Å². The Kier molecular flexibility index (Phi) is 70.2. The van der Waals surface area contributed by atoms with E-state index in [4.69, 9.17) is 67.1 Å². The molecule has 0 spiro atoms. The summed E-state index contributed by atoms with van der Waals surface area (Å²) in [5.74, 6) is -8.71. The van der Waals surface area contributed by atoms with Crippen LogP contribution in [0.2, 0.25) is 0 Å². The molecule has 4 aromatic rings. The molecule has 2 heterocycles. The number of fused-ring (bicyclic) bond motifs is 2. The Labute approximate surface area is 828 Å². The number of hydrogen-bond donors (Lipinski definition) is 26. The maximum absolute atomic E-state index is 11.3. The van der Waals surface area contributed by atoms with Gasteiger partial charge in [0.2, 0.25) is 0 Å². The van der Waals surface area contributed by atoms with Gasteiger partial charge in [-0.15, -0.1) is 0 Å². The fraction of sp³-hybridized carbons (Fsp3) is 0.700. The van der Waals surface area contributed by atoms with E-state index in [1.165, 1.54) is 0 Å². The number of carboxylic acids is 8. The molecule has 0 aliphatic carbocycles. The van der Waals surface area contributed by atoms with Gasteiger partial charge in [-0.05, 0) is 199 Å². The van der Waals surface area contributed by atoms with E-state index in [0.717, 1.165) is 44.4 Å². The van der Waals surface area contributed by atoms with Crippen LogP contribution in [0.4, 0.5) is 0 Å². The summed E-state index contributed by atoms with van der Waals surface area (Å²) in [5.41, 5.74) is 2.73. The zero-order valence-corrected chi connectivity index (χ0v) is 88.4. The van der Waals surface area contributed by atoms with Crippen molar-refractivity contribution in [1.82, 2.24) is 52.5 Å². The number of hydrogen-bond acceptors (Lipinski definition) is 34. The molecule has 140 heavy (non-hydrogen) atoms. The van der Waals surface area contributed by atoms with Crippen molar-refractivity contribution < 1.29 is 183 Å². The van der Waals surface area contributed by atoms with Crippen LogP contribution >= 0.6 is 23.5 Å². The first-order chi connectivity index (χ1) is 64.0. The van der Waals surface area contributed by atoms with E-state index < -0.39 is 188 Å². The smallest absolute Gasteiger partial charge is 0.321 e. The van der Waals surface area contributed by atoms with Gasteiger partial charge in [0, 0.05) is 47.0 Å². The zero-order valence-electron chi connectivity index (χ0n) is 80.2. The Morgan fingerprint density at radius 2 is 0.493 bits per heavy atom. The lowest BCUT2D eigenvalue weighted by Crippen LogP contribution is -2.47. The first-order valence-electron chi connectivity index (χ1n) is 43.4. The van der Waals surface area contributed by atoms with E-state index in [9.17, 15) is 116 Å². The maximum atomic E-state index is 11.3. The molecule has 60 heteroatoms. The molecule has 0 unspecified atom stereocenters. The van der Waals surface area contributed by atoms with Gasteiger partial charge in [0.25, 0.3) is 80.9 Å². The molecule has 4 rings (SSSR count). The molecule has 0 bridgehead atoms. The molecule has 0 aliphatic heterocycles. The molecule has 2 aromatic carbocycles. The fourth-order valence-corrected chi connectivity index (χ4v) is 16.8. The van der Waals surface area contributed by atoms with E-state index in [1.54, 1.807) is 77.5 Å². The third-order valence-electron chi connectivity index (χ3n) is 18.5. The average Bonchev–Trinajstić information content (AvgIpc) is 1.69. The van der Waals surface area contributed by atoms with Crippen molar-refractivity contribution in [2.45, 2.75) is 207 Å². The summed E-state index contributed by atoms with van der Waals surface area (Å²) in [6.45, 7) is 20.2. The molecule has 26 N–H and O–H groups in total. The van der Waals surface area contributed by atoms with E-state index in [1.807, 2.05) is 88.7 Å². The summed E-state index contributed by atoms with van der Waals surface area (Å²) >= 11 is 3.10. The van der Waals surface area contributed by atoms with Crippen LogP contribution in [0.5, 0.6) is 0 Å². The molecular weight excluding hydrogens is 2060 g/mol. The predicted octanol–water partition coefficient (Wildman–Crippen LogP) is 3.60. The molecule has 0 radical (unpaired) electrons. The Morgan fingerprint density at radius 3 is 0.671 bits per heavy atom. The number of carbonyl (C=O) groups is 8. The van der Waals surface area contributed by atoms with Gasteiger partial charge >= 0.3 is 47.8 Å². The van der Waals surface area contributed by atoms with E-state index in [0.29, 0.717) is 25.7 Å². The second-order valence-electron chi connectivity index (χ2n) is 34.3. The number of benzene rings is 2. The van der Waals surface area contributed by atoms with Crippen LogP contribution in [0.15, 0.2) is 60.9 Å². The topological polar surface area (TPSA) is 861 Å². The van der Waals surface area contributed by atoms with Crippen LogP contribution in [0, 0.1) is 22.7 Å². The number of rotatable bonds is 62. The Balaban J connectivity index is -0.000000759. The fourth-order valence-electron chi connectivity index (χ4n) is 11.8. The zero-order chi connectivity index (χ0) is 109. The van der Waals surface area contributed by atoms with Crippen LogP contribution in [0.1, 0.15) is 157 Å². The third-order valence-corrected chi connectivity index (χ3v) is 26.2. The highest BCUT2D eigenvalue weighted by Crippen LogP contribution is 2.23. The molecule has 50 nitrogen and oxygen atoms in total. The number of H-pyrrole nitrogens is 2. The van der Waals surface area contributed by atoms with E-state index in [2.05, 4.69) is 52.5 Å². The Morgan fingerprint density at radius 1 is 0.300 bits per heavy atom. The van der Waals surface area contributed by atoms with E-state index >= 15 is 0 Å². The number of aromatic amines is 2. The Bertz CT molecular complexity index is 4970. The molecule has 0 saturated heterocycles. The van der Waals surface area contributed by atoms with Gasteiger partial charge in [-0.25, -0.2) is 0 Å². The minimum Gasteiger partial charge on any atom is -0.480 e. The lowest BCUT2D eigenvalue weighted by Gasteiger charge is -2.27. The summed E-state index contributed by atoms with van der Waals surface area (Å²) in [5, 5.41) is 95.8. The predicted molar refractivity (Wildman–Crippen MR) is 531 cm³/mol. The van der Waals surface area contributed by atoms with Gasteiger partial charge in [0.15, 0.2) is 0 Å². The summed E-state index contributed by atoms with van der Waals surface area (Å²) in [7, 11) is -31.8. The average molecular weight is 2210 g/mol. The molecular formula is C80H146N10O40S10. The summed E-state index contributed by atoms with van der Waals surface area (Å²) < 4.78 is 235. The van der Waals surface area contributed by atoms with Gasteiger partial charge in [0.1, 0.15) is 48.3 Å². The third kappa shape index (κ3) is 81.3. The summed E-state index contributed by atoms with van der Waals surface area (Å²) in [6.07, 6.45) is 11.3. The van der Waals surface area contributed by atoms with Gasteiger partial charge < -0.3 is 93.4 Å². The first-order valence-corrected chi connectivity index (χ1v) is 59.0. The van der Waals surface area contributed by atoms with Crippen LogP contribution in [-0.2, 0) is 132 Å². The van der Waals surface area contributed by atoms with Crippen LogP contribution in [0.25, 0.3) is 21.8 Å². The number of para-hydroxylation sites is 2. The second kappa shape index (κ2) is 70.6. The van der Waals surface area contributed by atoms with Crippen LogP contribution < -0.4 is 42.5 Å². The molecule has 2 aromatic heterocycles. The lowest BCUT2D eigenvalue weighted by molar-refractivity contribution is -0.143. The summed E-state index contributed by atoms with van der Waals surface area (Å²) in [6, 6.07) is 9.44. The SMILES string of the molecule is CC(C)(C)[C@@H](NCCCS(=O)(=O)O)C(=O)O.CC(C)(C)[C@H](NCCCS(=O)(=O)O)C(=O)O.CC(C)C[C@@H](NCCCS(=O)(=O)O)C(=O)O.CC(C)C[C@H](NCCCS(=O)(=O)O)C(=O)O.CSCC[C@@H](NCCCS(=O)(=O)O)C(=O)O.CSCC[C@H](NCCCS(=O)(=O)O)C(=O)O.O=C(O)[C@@H](Cc1c[nH]c2ccccc12)NCCCS(=O)(=O)O.O=C(O)[C@H](Cc1c[nH]c2ccccc12)NCCCS(=O)(=O)O. The Hall–Kier alpha value is -7.06. The van der Waals surface area contributed by atoms with Gasteiger partial charge in [0.05, 0.1) is 46.0 Å². The monoisotopic (exact) mass is 2210 g/mol. The molecule has 0 saturated carbocycles. The van der Waals surface area contributed by atoms with Crippen molar-refractivity contribution in [3.63, 3.8) is 0 Å². The second-order valence-corrected chi connectivity index (χ2v) is 48.9. The van der Waals surface area contributed by atoms with Crippen molar-refractivity contribution in [2.75, 3.05) is 122 Å². The van der Waals surface area contributed by atoms with E-state index in [-0.39, 0.29) is 174 Å². The number of aromatic nitrogens is 2. The molecule has 816 valence electrons. The van der Waals surface area contributed by atoms with Gasteiger partial charge in [-0.2, -0.15) is 90.9 Å². The quantitative estimate of drug-likeness (QED) is 0.0222. The van der Waals surface area contributed by atoms with Crippen molar-refractivity contribution in [3.8, 4) is 0 Å². The molecule has 8 atom stereocenters. The van der Waals surface area contributed by atoms with Crippen molar-refractivity contribution in [2.24, 2.45) is 22.7 Å². The van der Waals surface area contributed by atoms with Crippen molar-refractivity contribution in [1.29, 1.82) is 0 Å². The standard InChI is InChI=1S/2C14H18N2O5S.4C9H19NO5S.2C8H17NO5S2/c2*17-14(18)13(15-6-3-7-22(19,20)21)8-10-9-16-12-5-2-1-4-11(10)12;2*1-9(2,3)7(8(11)12)10-5-4-6-16(13,14)15;2*1-7(2)6-8(9(11)12)10-4-3-5-16(13,14)15;2*1-15-5-3-7(8(10)11)9-4-2-6-16(12,13)14/h2*1-2,4-5,9,13,15-16H,3,6-8H2,(H,17,18)(H,19,20,21);2*7,10H,4-6H2,1-3H3,(H,11,12)(H,13,14,15);2*7-8,10H,3-6H2,1-2H3,(H,11,12)(H,13,14,15);2*7,9H,2-6H2,1H3,(H,10,11)(H,12,13,14)/t2*13-;2*7-;2*8-;2*7-/m10101010/s1. The minimum atomic E-state index is -4.01. The highest BCUT2D eigenvalue weighted by atomic mass is 32.3. The largest absolute Gasteiger partial charge is 0.480 e. The van der Waals surface area contributed by atoms with Crippen LogP contribution in [-0.4, -0.2) is 373 Å². The highest BCUT2D eigenvalue weighted by Gasteiger charge is 2.33. The lowest BCUT2D eigenvalue weighted by atomic mass is 9.87. The van der Waals surface area contributed by atoms with Gasteiger partial charge in [-0.3, -0.25) is 74.8 Å². The molecule has 0 amide bonds. The molecule has 0 aliphatic rings. The summed E-state index contributed by atoms with van der Waals surface area (Å²) in [4.78, 5) is 93.7. The maximum Gasteiger partial charge on any atom is 0.321 e.